The molecule has 2 amide bonds. The van der Waals surface area contributed by atoms with Crippen LogP contribution >= 0.6 is 0 Å². The summed E-state index contributed by atoms with van der Waals surface area (Å²) >= 11 is 0. The average molecular weight is 199 g/mol. The molecule has 0 spiro atoms. The second kappa shape index (κ2) is 3.77. The summed E-state index contributed by atoms with van der Waals surface area (Å²) in [5.74, 6) is 0. The van der Waals surface area contributed by atoms with Crippen molar-refractivity contribution in [1.82, 2.24) is 10.6 Å². The minimum absolute atomic E-state index is 0.109. The molecule has 4 nitrogen and oxygen atoms in total. The third kappa shape index (κ3) is 2.87. The number of nitrogens with one attached hydrogen (secondary N) is 2. The van der Waals surface area contributed by atoms with Crippen LogP contribution in [0.3, 0.4) is 0 Å². The Labute approximate surface area is 85.6 Å². The van der Waals surface area contributed by atoms with Gasteiger partial charge in [0.25, 0.3) is 0 Å². The van der Waals surface area contributed by atoms with Crippen molar-refractivity contribution in [2.24, 2.45) is 5.73 Å². The molecule has 4 N–H and O–H groups in total. The molecular formula is C10H21N3O. The SMILES string of the molecule is CC(C)(C)NC(=O)NC1(CN)CCC1. The van der Waals surface area contributed by atoms with E-state index in [9.17, 15) is 4.79 Å². The lowest BCUT2D eigenvalue weighted by molar-refractivity contribution is 0.177. The maximum absolute atomic E-state index is 11.5. The molecule has 0 atom stereocenters. The maximum atomic E-state index is 11.5. The van der Waals surface area contributed by atoms with Crippen molar-refractivity contribution in [1.29, 1.82) is 0 Å². The van der Waals surface area contributed by atoms with Gasteiger partial charge < -0.3 is 16.4 Å². The largest absolute Gasteiger partial charge is 0.334 e. The fourth-order valence-electron chi connectivity index (χ4n) is 1.60. The summed E-state index contributed by atoms with van der Waals surface area (Å²) < 4.78 is 0. The molecule has 4 heteroatoms. The first-order valence-electron chi connectivity index (χ1n) is 5.17. The number of urea groups is 1. The minimum Gasteiger partial charge on any atom is -0.334 e. The van der Waals surface area contributed by atoms with Gasteiger partial charge in [-0.3, -0.25) is 0 Å². The topological polar surface area (TPSA) is 67.2 Å². The van der Waals surface area contributed by atoms with Gasteiger partial charge in [0.05, 0.1) is 5.54 Å². The monoisotopic (exact) mass is 199 g/mol. The standard InChI is InChI=1S/C10H21N3O/c1-9(2,3)12-8(14)13-10(7-11)5-4-6-10/h4-7,11H2,1-3H3,(H2,12,13,14). The molecule has 0 radical (unpaired) electrons. The van der Waals surface area contributed by atoms with E-state index in [4.69, 9.17) is 5.73 Å². The summed E-state index contributed by atoms with van der Waals surface area (Å²) in [4.78, 5) is 11.5. The zero-order valence-corrected chi connectivity index (χ0v) is 9.31. The summed E-state index contributed by atoms with van der Waals surface area (Å²) in [6.45, 7) is 6.41. The van der Waals surface area contributed by atoms with Crippen molar-refractivity contribution < 1.29 is 4.79 Å². The van der Waals surface area contributed by atoms with Gasteiger partial charge in [-0.1, -0.05) is 0 Å². The lowest BCUT2D eigenvalue weighted by Gasteiger charge is -2.42. The Morgan fingerprint density at radius 3 is 2.29 bits per heavy atom. The normalized spacial score (nSPS) is 19.7. The molecule has 1 saturated carbocycles. The first kappa shape index (κ1) is 11.3. The summed E-state index contributed by atoms with van der Waals surface area (Å²) in [6.07, 6.45) is 3.16. The van der Waals surface area contributed by atoms with Gasteiger partial charge in [0.1, 0.15) is 0 Å². The average Bonchev–Trinajstić information content (AvgIpc) is 1.93. The lowest BCUT2D eigenvalue weighted by Crippen LogP contribution is -2.62. The van der Waals surface area contributed by atoms with Crippen LogP contribution in [0.5, 0.6) is 0 Å². The summed E-state index contributed by atoms with van der Waals surface area (Å²) in [6, 6.07) is -0.109. The van der Waals surface area contributed by atoms with Crippen LogP contribution in [0.2, 0.25) is 0 Å². The molecule has 0 aromatic heterocycles. The Balaban J connectivity index is 2.40. The van der Waals surface area contributed by atoms with Crippen LogP contribution in [0.1, 0.15) is 40.0 Å². The molecule has 0 unspecified atom stereocenters. The van der Waals surface area contributed by atoms with Gasteiger partial charge in [0, 0.05) is 12.1 Å². The Morgan fingerprint density at radius 2 is 2.00 bits per heavy atom. The van der Waals surface area contributed by atoms with Crippen molar-refractivity contribution in [2.75, 3.05) is 6.54 Å². The van der Waals surface area contributed by atoms with E-state index in [1.807, 2.05) is 20.8 Å². The number of hydrogen-bond donors (Lipinski definition) is 3. The Bertz CT molecular complexity index is 210. The number of nitrogens with two attached hydrogens (primary N) is 1. The van der Waals surface area contributed by atoms with Crippen LogP contribution in [0, 0.1) is 0 Å². The molecule has 82 valence electrons. The van der Waals surface area contributed by atoms with Crippen molar-refractivity contribution in [3.05, 3.63) is 0 Å². The fourth-order valence-corrected chi connectivity index (χ4v) is 1.60. The number of carbonyl (C=O) groups is 1. The molecule has 1 aliphatic rings. The van der Waals surface area contributed by atoms with E-state index in [1.165, 1.54) is 0 Å². The van der Waals surface area contributed by atoms with Crippen LogP contribution in [-0.4, -0.2) is 23.7 Å². The highest BCUT2D eigenvalue weighted by Gasteiger charge is 2.37. The lowest BCUT2D eigenvalue weighted by atomic mass is 9.77. The third-order valence-electron chi connectivity index (χ3n) is 2.57. The van der Waals surface area contributed by atoms with Crippen LogP contribution in [-0.2, 0) is 0 Å². The van der Waals surface area contributed by atoms with E-state index in [2.05, 4.69) is 10.6 Å². The summed E-state index contributed by atoms with van der Waals surface area (Å²) in [5, 5.41) is 5.83. The Hall–Kier alpha value is -0.770. The third-order valence-corrected chi connectivity index (χ3v) is 2.57. The van der Waals surface area contributed by atoms with Crippen molar-refractivity contribution in [3.63, 3.8) is 0 Å². The Kier molecular flexibility index (Phi) is 3.04. The van der Waals surface area contributed by atoms with Gasteiger partial charge >= 0.3 is 6.03 Å². The van der Waals surface area contributed by atoms with Gasteiger partial charge in [-0.2, -0.15) is 0 Å². The van der Waals surface area contributed by atoms with Gasteiger partial charge in [-0.15, -0.1) is 0 Å². The van der Waals surface area contributed by atoms with E-state index in [-0.39, 0.29) is 17.1 Å². The van der Waals surface area contributed by atoms with Crippen molar-refractivity contribution in [2.45, 2.75) is 51.1 Å². The Morgan fingerprint density at radius 1 is 1.43 bits per heavy atom. The van der Waals surface area contributed by atoms with Crippen molar-refractivity contribution >= 4 is 6.03 Å². The van der Waals surface area contributed by atoms with E-state index in [0.717, 1.165) is 19.3 Å². The molecule has 0 aromatic rings. The predicted molar refractivity (Wildman–Crippen MR) is 57.1 cm³/mol. The highest BCUT2D eigenvalue weighted by molar-refractivity contribution is 5.75. The summed E-state index contributed by atoms with van der Waals surface area (Å²) in [5.41, 5.74) is 5.32. The second-order valence-electron chi connectivity index (χ2n) is 5.17. The second-order valence-corrected chi connectivity index (χ2v) is 5.17. The molecule has 0 aromatic carbocycles. The van der Waals surface area contributed by atoms with E-state index < -0.39 is 0 Å². The molecule has 0 aliphatic heterocycles. The molecule has 14 heavy (non-hydrogen) atoms. The highest BCUT2D eigenvalue weighted by atomic mass is 16.2. The number of hydrogen-bond acceptors (Lipinski definition) is 2. The quantitative estimate of drug-likeness (QED) is 0.620. The van der Waals surface area contributed by atoms with E-state index in [0.29, 0.717) is 6.54 Å². The van der Waals surface area contributed by atoms with Gasteiger partial charge in [0.15, 0.2) is 0 Å². The van der Waals surface area contributed by atoms with Gasteiger partial charge in [-0.25, -0.2) is 4.79 Å². The summed E-state index contributed by atoms with van der Waals surface area (Å²) in [7, 11) is 0. The maximum Gasteiger partial charge on any atom is 0.315 e. The van der Waals surface area contributed by atoms with E-state index >= 15 is 0 Å². The minimum atomic E-state index is -0.191. The van der Waals surface area contributed by atoms with E-state index in [1.54, 1.807) is 0 Å². The molecule has 1 aliphatic carbocycles. The first-order valence-corrected chi connectivity index (χ1v) is 5.17. The number of carbonyl (C=O) groups excluding carboxylic acids is 1. The van der Waals surface area contributed by atoms with Crippen molar-refractivity contribution in [3.8, 4) is 0 Å². The van der Waals surface area contributed by atoms with Gasteiger partial charge in [-0.05, 0) is 40.0 Å². The number of amides is 2. The van der Waals surface area contributed by atoms with Crippen LogP contribution in [0.25, 0.3) is 0 Å². The molecule has 1 fully saturated rings. The number of rotatable bonds is 2. The smallest absolute Gasteiger partial charge is 0.315 e. The molecule has 0 bridgehead atoms. The van der Waals surface area contributed by atoms with Gasteiger partial charge in [0.2, 0.25) is 0 Å². The first-order chi connectivity index (χ1) is 6.37. The zero-order chi connectivity index (χ0) is 10.8. The molecule has 0 heterocycles. The highest BCUT2D eigenvalue weighted by Crippen LogP contribution is 2.30. The zero-order valence-electron chi connectivity index (χ0n) is 9.31. The molecule has 1 rings (SSSR count). The predicted octanol–water partition coefficient (Wildman–Crippen LogP) is 0.965. The fraction of sp³-hybridized carbons (Fsp3) is 0.900. The van der Waals surface area contributed by atoms with Crippen LogP contribution < -0.4 is 16.4 Å². The van der Waals surface area contributed by atoms with Crippen LogP contribution in [0.15, 0.2) is 0 Å². The molecular weight excluding hydrogens is 178 g/mol. The molecule has 0 saturated heterocycles. The van der Waals surface area contributed by atoms with Crippen LogP contribution in [0.4, 0.5) is 4.79 Å².